The highest BCUT2D eigenvalue weighted by Crippen LogP contribution is 2.27. The maximum Gasteiger partial charge on any atom is 0.328 e. The van der Waals surface area contributed by atoms with E-state index in [2.05, 4.69) is 0 Å². The quantitative estimate of drug-likeness (QED) is 0.562. The molecule has 0 unspecified atom stereocenters. The zero-order valence-corrected chi connectivity index (χ0v) is 20.1. The van der Waals surface area contributed by atoms with Crippen molar-refractivity contribution in [2.45, 2.75) is 18.7 Å². The summed E-state index contributed by atoms with van der Waals surface area (Å²) in [5.41, 5.74) is 3.25. The Bertz CT molecular complexity index is 1380. The standard InChI is InChI=1S/C23H28N4O5S/c1-16-5-6-18(13-17(16)2)27(15-22(28)26-9-11-32-12-10-26)33(30,31)19-7-8-20-21(14-19)25(4)23(29)24(20)3/h5-8,13-14H,9-12,15H2,1-4H3. The van der Waals surface area contributed by atoms with Crippen LogP contribution >= 0.6 is 0 Å². The molecule has 0 aliphatic carbocycles. The third-order valence-corrected chi connectivity index (χ3v) is 8.02. The van der Waals surface area contributed by atoms with Crippen LogP contribution in [0.25, 0.3) is 11.0 Å². The molecule has 176 valence electrons. The molecule has 9 nitrogen and oxygen atoms in total. The Morgan fingerprint density at radius 2 is 1.64 bits per heavy atom. The number of nitrogens with zero attached hydrogens (tertiary/aromatic N) is 4. The van der Waals surface area contributed by atoms with Gasteiger partial charge in [0.1, 0.15) is 6.54 Å². The van der Waals surface area contributed by atoms with Gasteiger partial charge >= 0.3 is 5.69 Å². The van der Waals surface area contributed by atoms with E-state index in [1.165, 1.54) is 21.3 Å². The normalized spacial score (nSPS) is 14.6. The molecule has 1 fully saturated rings. The van der Waals surface area contributed by atoms with E-state index in [1.807, 2.05) is 19.9 Å². The molecule has 3 aromatic rings. The summed E-state index contributed by atoms with van der Waals surface area (Å²) in [7, 11) is -0.858. The minimum absolute atomic E-state index is 0.0178. The fourth-order valence-electron chi connectivity index (χ4n) is 4.01. The van der Waals surface area contributed by atoms with Crippen LogP contribution in [-0.2, 0) is 33.7 Å². The summed E-state index contributed by atoms with van der Waals surface area (Å²) in [5, 5.41) is 0. The summed E-state index contributed by atoms with van der Waals surface area (Å²) in [6, 6.07) is 9.91. The van der Waals surface area contributed by atoms with Gasteiger partial charge < -0.3 is 9.64 Å². The summed E-state index contributed by atoms with van der Waals surface area (Å²) in [6.07, 6.45) is 0. The summed E-state index contributed by atoms with van der Waals surface area (Å²) in [5.74, 6) is -0.284. The summed E-state index contributed by atoms with van der Waals surface area (Å²) in [4.78, 5) is 27.0. The predicted molar refractivity (Wildman–Crippen MR) is 126 cm³/mol. The highest BCUT2D eigenvalue weighted by atomic mass is 32.2. The molecular formula is C23H28N4O5S. The highest BCUT2D eigenvalue weighted by molar-refractivity contribution is 7.92. The Labute approximate surface area is 192 Å². The van der Waals surface area contributed by atoms with Gasteiger partial charge in [-0.1, -0.05) is 6.07 Å². The molecule has 1 aliphatic heterocycles. The topological polar surface area (TPSA) is 93.8 Å². The van der Waals surface area contributed by atoms with Crippen molar-refractivity contribution in [3.63, 3.8) is 0 Å². The van der Waals surface area contributed by atoms with Crippen molar-refractivity contribution in [1.29, 1.82) is 0 Å². The molecule has 0 saturated carbocycles. The monoisotopic (exact) mass is 472 g/mol. The smallest absolute Gasteiger partial charge is 0.328 e. The first-order valence-corrected chi connectivity index (χ1v) is 12.2. The van der Waals surface area contributed by atoms with Crippen LogP contribution < -0.4 is 9.99 Å². The van der Waals surface area contributed by atoms with Crippen molar-refractivity contribution in [3.05, 3.63) is 58.0 Å². The van der Waals surface area contributed by atoms with E-state index < -0.39 is 10.0 Å². The third kappa shape index (κ3) is 4.16. The molecule has 0 N–H and O–H groups in total. The van der Waals surface area contributed by atoms with Crippen molar-refractivity contribution in [2.24, 2.45) is 14.1 Å². The Morgan fingerprint density at radius 1 is 0.970 bits per heavy atom. The average molecular weight is 473 g/mol. The van der Waals surface area contributed by atoms with Gasteiger partial charge in [0.05, 0.1) is 34.8 Å². The summed E-state index contributed by atoms with van der Waals surface area (Å²) >= 11 is 0. The molecular weight excluding hydrogens is 444 g/mol. The molecule has 0 bridgehead atoms. The minimum Gasteiger partial charge on any atom is -0.378 e. The first-order chi connectivity index (χ1) is 15.6. The van der Waals surface area contributed by atoms with Gasteiger partial charge in [0, 0.05) is 27.2 Å². The fraction of sp³-hybridized carbons (Fsp3) is 0.391. The largest absolute Gasteiger partial charge is 0.378 e. The van der Waals surface area contributed by atoms with E-state index in [4.69, 9.17) is 4.74 Å². The van der Waals surface area contributed by atoms with Crippen LogP contribution in [0.4, 0.5) is 5.69 Å². The number of rotatable bonds is 5. The zero-order chi connectivity index (χ0) is 23.9. The molecule has 4 rings (SSSR count). The Kier molecular flexibility index (Phi) is 6.06. The number of amides is 1. The number of aromatic nitrogens is 2. The van der Waals surface area contributed by atoms with Crippen molar-refractivity contribution in [3.8, 4) is 0 Å². The van der Waals surface area contributed by atoms with Gasteiger partial charge in [-0.15, -0.1) is 0 Å². The van der Waals surface area contributed by atoms with Crippen LogP contribution in [0.15, 0.2) is 46.1 Å². The first kappa shape index (κ1) is 23.1. The predicted octanol–water partition coefficient (Wildman–Crippen LogP) is 1.55. The van der Waals surface area contributed by atoms with E-state index >= 15 is 0 Å². The van der Waals surface area contributed by atoms with E-state index in [9.17, 15) is 18.0 Å². The molecule has 33 heavy (non-hydrogen) atoms. The number of carbonyl (C=O) groups is 1. The molecule has 1 saturated heterocycles. The second-order valence-electron chi connectivity index (χ2n) is 8.32. The van der Waals surface area contributed by atoms with Crippen LogP contribution in [0.5, 0.6) is 0 Å². The summed E-state index contributed by atoms with van der Waals surface area (Å²) in [6.45, 7) is 5.24. The number of hydrogen-bond acceptors (Lipinski definition) is 5. The number of aryl methyl sites for hydroxylation is 4. The van der Waals surface area contributed by atoms with Gasteiger partial charge in [-0.2, -0.15) is 0 Å². The lowest BCUT2D eigenvalue weighted by Crippen LogP contribution is -2.47. The number of anilines is 1. The maximum absolute atomic E-state index is 13.8. The lowest BCUT2D eigenvalue weighted by molar-refractivity contribution is -0.133. The second kappa shape index (κ2) is 8.68. The molecule has 10 heteroatoms. The maximum atomic E-state index is 13.8. The lowest BCUT2D eigenvalue weighted by atomic mass is 10.1. The van der Waals surface area contributed by atoms with Gasteiger partial charge in [0.25, 0.3) is 10.0 Å². The van der Waals surface area contributed by atoms with Crippen molar-refractivity contribution in [2.75, 3.05) is 37.2 Å². The van der Waals surface area contributed by atoms with Crippen LogP contribution in [0.3, 0.4) is 0 Å². The number of carbonyl (C=O) groups excluding carboxylic acids is 1. The molecule has 0 radical (unpaired) electrons. The van der Waals surface area contributed by atoms with Crippen molar-refractivity contribution in [1.82, 2.24) is 14.0 Å². The van der Waals surface area contributed by atoms with Gasteiger partial charge in [0.2, 0.25) is 5.91 Å². The van der Waals surface area contributed by atoms with E-state index in [0.717, 1.165) is 15.4 Å². The van der Waals surface area contributed by atoms with Crippen LogP contribution in [0, 0.1) is 13.8 Å². The number of fused-ring (bicyclic) bond motifs is 1. The van der Waals surface area contributed by atoms with Crippen LogP contribution in [0.2, 0.25) is 0 Å². The van der Waals surface area contributed by atoms with Crippen LogP contribution in [-0.4, -0.2) is 61.2 Å². The first-order valence-electron chi connectivity index (χ1n) is 10.7. The molecule has 0 atom stereocenters. The molecule has 2 aromatic carbocycles. The van der Waals surface area contributed by atoms with Gasteiger partial charge in [0.15, 0.2) is 0 Å². The lowest BCUT2D eigenvalue weighted by Gasteiger charge is -2.31. The zero-order valence-electron chi connectivity index (χ0n) is 19.2. The SMILES string of the molecule is Cc1ccc(N(CC(=O)N2CCOCC2)S(=O)(=O)c2ccc3c(c2)n(C)c(=O)n3C)cc1C. The van der Waals surface area contributed by atoms with Crippen molar-refractivity contribution < 1.29 is 17.9 Å². The van der Waals surface area contributed by atoms with Gasteiger partial charge in [-0.3, -0.25) is 18.2 Å². The number of imidazole rings is 1. The van der Waals surface area contributed by atoms with Crippen LogP contribution in [0.1, 0.15) is 11.1 Å². The Morgan fingerprint density at radius 3 is 2.30 bits per heavy atom. The number of benzene rings is 2. The Balaban J connectivity index is 1.80. The fourth-order valence-corrected chi connectivity index (χ4v) is 5.43. The van der Waals surface area contributed by atoms with E-state index in [0.29, 0.717) is 43.0 Å². The number of ether oxygens (including phenoxy) is 1. The van der Waals surface area contributed by atoms with Crippen molar-refractivity contribution >= 4 is 32.7 Å². The molecule has 0 spiro atoms. The number of morpholine rings is 1. The Hall–Kier alpha value is -3.11. The number of hydrogen-bond donors (Lipinski definition) is 0. The van der Waals surface area contributed by atoms with Gasteiger partial charge in [-0.05, 0) is 55.3 Å². The average Bonchev–Trinajstić information content (AvgIpc) is 3.03. The third-order valence-electron chi connectivity index (χ3n) is 6.25. The van der Waals surface area contributed by atoms with E-state index in [-0.39, 0.29) is 23.0 Å². The highest BCUT2D eigenvalue weighted by Gasteiger charge is 2.30. The summed E-state index contributed by atoms with van der Waals surface area (Å²) < 4.78 is 37.0. The molecule has 1 amide bonds. The molecule has 2 heterocycles. The van der Waals surface area contributed by atoms with E-state index in [1.54, 1.807) is 37.2 Å². The molecule has 1 aromatic heterocycles. The second-order valence-corrected chi connectivity index (χ2v) is 10.2. The minimum atomic E-state index is -4.10. The number of sulfonamides is 1. The molecule has 1 aliphatic rings. The van der Waals surface area contributed by atoms with Gasteiger partial charge in [-0.25, -0.2) is 13.2 Å².